The van der Waals surface area contributed by atoms with Crippen LogP contribution in [0.15, 0.2) is 52.4 Å². The number of nitro benzene ring substituents is 1. The van der Waals surface area contributed by atoms with Gasteiger partial charge in [-0.1, -0.05) is 12.1 Å². The van der Waals surface area contributed by atoms with E-state index in [4.69, 9.17) is 14.5 Å². The molecule has 12 nitrogen and oxygen atoms in total. The summed E-state index contributed by atoms with van der Waals surface area (Å²) in [4.78, 5) is 60.1. The molecule has 0 unspecified atom stereocenters. The number of fused-ring (bicyclic) bond motifs is 2. The Hall–Kier alpha value is -4.71. The first-order valence-corrected chi connectivity index (χ1v) is 13.2. The van der Waals surface area contributed by atoms with Crippen LogP contribution >= 0.6 is 0 Å². The summed E-state index contributed by atoms with van der Waals surface area (Å²) in [5.74, 6) is -1.59. The van der Waals surface area contributed by atoms with Gasteiger partial charge in [-0.05, 0) is 64.8 Å². The fourth-order valence-corrected chi connectivity index (χ4v) is 4.42. The Morgan fingerprint density at radius 1 is 1.12 bits per heavy atom. The van der Waals surface area contributed by atoms with Gasteiger partial charge in [0.15, 0.2) is 5.49 Å². The highest BCUT2D eigenvalue weighted by atomic mass is 16.6. The van der Waals surface area contributed by atoms with E-state index < -0.39 is 22.4 Å². The van der Waals surface area contributed by atoms with Crippen molar-refractivity contribution in [3.63, 3.8) is 0 Å². The number of hydrogen-bond donors (Lipinski definition) is 0. The van der Waals surface area contributed by atoms with Crippen molar-refractivity contribution in [1.29, 1.82) is 0 Å². The van der Waals surface area contributed by atoms with Crippen LogP contribution in [0.4, 0.5) is 5.69 Å². The minimum atomic E-state index is -0.807. The molecular formula is C29H31N5O7. The zero-order valence-corrected chi connectivity index (χ0v) is 23.5. The zero-order valence-electron chi connectivity index (χ0n) is 23.5. The zero-order chi connectivity index (χ0) is 29.8. The number of pyridine rings is 2. The summed E-state index contributed by atoms with van der Waals surface area (Å²) in [6.07, 6.45) is 2.03. The third kappa shape index (κ3) is 6.07. The molecular weight excluding hydrogens is 530 g/mol. The van der Waals surface area contributed by atoms with E-state index in [0.717, 1.165) is 11.6 Å². The largest absolute Gasteiger partial charge is 0.462 e. The van der Waals surface area contributed by atoms with Gasteiger partial charge in [-0.25, -0.2) is 9.78 Å². The van der Waals surface area contributed by atoms with Gasteiger partial charge in [0.2, 0.25) is 0 Å². The van der Waals surface area contributed by atoms with Crippen molar-refractivity contribution >= 4 is 34.2 Å². The molecule has 0 saturated heterocycles. The van der Waals surface area contributed by atoms with Crippen molar-refractivity contribution in [2.45, 2.75) is 53.7 Å². The van der Waals surface area contributed by atoms with Crippen molar-refractivity contribution in [3.8, 4) is 0 Å². The number of ether oxygens (including phenoxy) is 2. The lowest BCUT2D eigenvalue weighted by molar-refractivity contribution is -0.385. The van der Waals surface area contributed by atoms with E-state index in [2.05, 4.69) is 4.99 Å². The molecule has 0 aliphatic rings. The average Bonchev–Trinajstić information content (AvgIpc) is 2.92. The minimum Gasteiger partial charge on any atom is -0.462 e. The molecule has 0 spiro atoms. The van der Waals surface area contributed by atoms with Gasteiger partial charge < -0.3 is 14.0 Å². The number of esters is 1. The van der Waals surface area contributed by atoms with E-state index in [1.165, 1.54) is 22.6 Å². The number of carbonyl (C=O) groups is 2. The average molecular weight is 562 g/mol. The molecule has 4 aromatic rings. The van der Waals surface area contributed by atoms with Gasteiger partial charge >= 0.3 is 5.97 Å². The standard InChI is InChI=1S/C29H31N5O7/c1-6-40-29(37)22-16-21-25(30-24-19(5)9-7-12-33(24)28(21)36)32(13-8-14-41-17(2)3)26(22)31-27(35)20-11-10-18(4)23(15-20)34(38)39/h7,9-12,15-17H,6,8,13-14H2,1-5H3. The van der Waals surface area contributed by atoms with Crippen LogP contribution in [-0.4, -0.2) is 50.1 Å². The summed E-state index contributed by atoms with van der Waals surface area (Å²) in [6, 6.07) is 8.92. The van der Waals surface area contributed by atoms with Crippen molar-refractivity contribution in [3.05, 3.63) is 90.8 Å². The number of carbonyl (C=O) groups excluding carboxylic acids is 2. The van der Waals surface area contributed by atoms with E-state index in [1.54, 1.807) is 30.7 Å². The van der Waals surface area contributed by atoms with Crippen LogP contribution in [-0.2, 0) is 16.0 Å². The second-order valence-corrected chi connectivity index (χ2v) is 9.74. The highest BCUT2D eigenvalue weighted by Crippen LogP contribution is 2.20. The van der Waals surface area contributed by atoms with E-state index in [1.807, 2.05) is 26.8 Å². The monoisotopic (exact) mass is 561 g/mol. The number of benzene rings is 1. The molecule has 214 valence electrons. The first kappa shape index (κ1) is 29.3. The number of nitrogens with zero attached hydrogens (tertiary/aromatic N) is 5. The van der Waals surface area contributed by atoms with Gasteiger partial charge in [0.1, 0.15) is 16.9 Å². The van der Waals surface area contributed by atoms with E-state index in [9.17, 15) is 24.5 Å². The Kier molecular flexibility index (Phi) is 8.72. The Bertz CT molecular complexity index is 1800. The maximum atomic E-state index is 13.6. The SMILES string of the molecule is CCOC(=O)c1cc2c(=O)n3cccc(C)c3nc2n(CCCOC(C)C)c1=NC(=O)c1ccc(C)c([N+](=O)[O-])c1. The van der Waals surface area contributed by atoms with Crippen molar-refractivity contribution in [2.24, 2.45) is 4.99 Å². The van der Waals surface area contributed by atoms with Crippen LogP contribution in [0.25, 0.3) is 16.7 Å². The van der Waals surface area contributed by atoms with Gasteiger partial charge in [0.05, 0.1) is 23.0 Å². The normalized spacial score (nSPS) is 11.9. The smallest absolute Gasteiger partial charge is 0.341 e. The fourth-order valence-electron chi connectivity index (χ4n) is 4.42. The number of aryl methyl sites for hydroxylation is 3. The molecule has 0 aliphatic heterocycles. The van der Waals surface area contributed by atoms with Gasteiger partial charge in [-0.2, -0.15) is 4.99 Å². The lowest BCUT2D eigenvalue weighted by Gasteiger charge is -2.16. The molecule has 3 heterocycles. The third-order valence-corrected chi connectivity index (χ3v) is 6.44. The maximum Gasteiger partial charge on any atom is 0.341 e. The summed E-state index contributed by atoms with van der Waals surface area (Å²) in [5, 5.41) is 11.6. The van der Waals surface area contributed by atoms with Crippen molar-refractivity contribution < 1.29 is 24.0 Å². The van der Waals surface area contributed by atoms with E-state index in [0.29, 0.717) is 24.2 Å². The highest BCUT2D eigenvalue weighted by molar-refractivity contribution is 5.97. The summed E-state index contributed by atoms with van der Waals surface area (Å²) >= 11 is 0. The van der Waals surface area contributed by atoms with Crippen molar-refractivity contribution in [2.75, 3.05) is 13.2 Å². The van der Waals surface area contributed by atoms with Gasteiger partial charge in [-0.3, -0.25) is 24.1 Å². The Labute approximate surface area is 235 Å². The topological polar surface area (TPSA) is 147 Å². The lowest BCUT2D eigenvalue weighted by Crippen LogP contribution is -2.33. The third-order valence-electron chi connectivity index (χ3n) is 6.44. The number of aromatic nitrogens is 3. The van der Waals surface area contributed by atoms with Crippen molar-refractivity contribution in [1.82, 2.24) is 14.0 Å². The molecule has 41 heavy (non-hydrogen) atoms. The van der Waals surface area contributed by atoms with Gasteiger partial charge in [0, 0.05) is 36.5 Å². The Morgan fingerprint density at radius 2 is 1.88 bits per heavy atom. The molecule has 0 bridgehead atoms. The second-order valence-electron chi connectivity index (χ2n) is 9.74. The molecule has 4 rings (SSSR count). The molecule has 0 N–H and O–H groups in total. The van der Waals surface area contributed by atoms with Crippen LogP contribution in [0.2, 0.25) is 0 Å². The van der Waals surface area contributed by atoms with Crippen LogP contribution in [0.5, 0.6) is 0 Å². The second kappa shape index (κ2) is 12.2. The van der Waals surface area contributed by atoms with Crippen LogP contribution in [0.1, 0.15) is 59.0 Å². The van der Waals surface area contributed by atoms with Crippen LogP contribution < -0.4 is 11.0 Å². The molecule has 0 radical (unpaired) electrons. The van der Waals surface area contributed by atoms with Crippen LogP contribution in [0.3, 0.4) is 0 Å². The summed E-state index contributed by atoms with van der Waals surface area (Å²) < 4.78 is 13.9. The maximum absolute atomic E-state index is 13.6. The lowest BCUT2D eigenvalue weighted by atomic mass is 10.1. The molecule has 3 aromatic heterocycles. The predicted molar refractivity (Wildman–Crippen MR) is 151 cm³/mol. The van der Waals surface area contributed by atoms with Gasteiger partial charge in [-0.15, -0.1) is 0 Å². The number of nitro groups is 1. The van der Waals surface area contributed by atoms with E-state index >= 15 is 0 Å². The summed E-state index contributed by atoms with van der Waals surface area (Å²) in [6.45, 7) is 9.43. The summed E-state index contributed by atoms with van der Waals surface area (Å²) in [5.41, 5.74) is 0.923. The first-order valence-electron chi connectivity index (χ1n) is 13.2. The minimum absolute atomic E-state index is 0.0139. The quantitative estimate of drug-likeness (QED) is 0.0982. The molecule has 12 heteroatoms. The highest BCUT2D eigenvalue weighted by Gasteiger charge is 2.21. The summed E-state index contributed by atoms with van der Waals surface area (Å²) in [7, 11) is 0. The number of hydrogen-bond acceptors (Lipinski definition) is 8. The molecule has 0 atom stereocenters. The Morgan fingerprint density at radius 3 is 2.56 bits per heavy atom. The Balaban J connectivity index is 2.06. The molecule has 1 aromatic carbocycles. The van der Waals surface area contributed by atoms with Crippen LogP contribution in [0, 0.1) is 24.0 Å². The fraction of sp³-hybridized carbons (Fsp3) is 0.345. The molecule has 0 fully saturated rings. The molecule has 1 amide bonds. The molecule has 0 saturated carbocycles. The van der Waals surface area contributed by atoms with E-state index in [-0.39, 0.29) is 52.6 Å². The first-order chi connectivity index (χ1) is 19.5. The predicted octanol–water partition coefficient (Wildman–Crippen LogP) is 3.91. The number of amides is 1. The molecule has 0 aliphatic carbocycles. The van der Waals surface area contributed by atoms with Gasteiger partial charge in [0.25, 0.3) is 17.2 Å². The number of rotatable bonds is 9.